The van der Waals surface area contributed by atoms with Crippen LogP contribution in [0.5, 0.6) is 6.01 Å². The number of anilines is 1. The summed E-state index contributed by atoms with van der Waals surface area (Å²) in [5.41, 5.74) is 6.09. The van der Waals surface area contributed by atoms with E-state index in [9.17, 15) is 4.39 Å². The molecule has 2 unspecified atom stereocenters. The third-order valence-electron chi connectivity index (χ3n) is 10.8. The minimum atomic E-state index is -0.778. The first-order valence-corrected chi connectivity index (χ1v) is 15.4. The highest BCUT2D eigenvalue weighted by atomic mass is 19.1. The summed E-state index contributed by atoms with van der Waals surface area (Å²) < 4.78 is 23.3. The number of halogens is 1. The molecule has 1 aliphatic carbocycles. The molecule has 0 N–H and O–H groups in total. The van der Waals surface area contributed by atoms with E-state index in [1.165, 1.54) is 28.8 Å². The van der Waals surface area contributed by atoms with Gasteiger partial charge in [-0.25, -0.2) is 9.37 Å². The Morgan fingerprint density at radius 1 is 1.10 bits per heavy atom. The summed E-state index contributed by atoms with van der Waals surface area (Å²) in [5.74, 6) is 0.978. The van der Waals surface area contributed by atoms with Crippen molar-refractivity contribution in [2.45, 2.75) is 94.8 Å². The van der Waals surface area contributed by atoms with Gasteiger partial charge in [-0.3, -0.25) is 9.80 Å². The number of rotatable bonds is 4. The van der Waals surface area contributed by atoms with Gasteiger partial charge in [-0.2, -0.15) is 9.97 Å². The number of aryl methyl sites for hydroxylation is 1. The van der Waals surface area contributed by atoms with E-state index in [1.54, 1.807) is 0 Å². The van der Waals surface area contributed by atoms with Crippen molar-refractivity contribution in [3.63, 3.8) is 0 Å². The molecule has 1 aromatic carbocycles. The molecule has 0 amide bonds. The first-order chi connectivity index (χ1) is 19.9. The second kappa shape index (κ2) is 9.49. The topological polar surface area (TPSA) is 62.6 Å². The van der Waals surface area contributed by atoms with Crippen molar-refractivity contribution < 1.29 is 9.13 Å². The Kier molecular flexibility index (Phi) is 5.94. The molecule has 0 radical (unpaired) electrons. The number of aromatic nitrogens is 4. The SMILES string of the molecule is CC1Cn2cncc2CN1c1nc(OC[C@@]23CCCN2CC(F)C3)nc2c1CN(C)[C@@]1(CCCc3ccccc31)C2. The molecule has 6 heterocycles. The molecule has 3 aromatic rings. The number of benzene rings is 1. The Labute approximate surface area is 241 Å². The first kappa shape index (κ1) is 25.7. The number of nitrogens with zero attached hydrogens (tertiary/aromatic N) is 7. The summed E-state index contributed by atoms with van der Waals surface area (Å²) in [5, 5.41) is 0. The number of alkyl halides is 1. The number of hydrogen-bond donors (Lipinski definition) is 0. The van der Waals surface area contributed by atoms with Gasteiger partial charge >= 0.3 is 6.01 Å². The van der Waals surface area contributed by atoms with Gasteiger partial charge in [0.05, 0.1) is 35.3 Å². The molecule has 2 saturated heterocycles. The molecule has 1 spiro atoms. The van der Waals surface area contributed by atoms with E-state index in [4.69, 9.17) is 14.7 Å². The minimum Gasteiger partial charge on any atom is -0.461 e. The third-order valence-corrected chi connectivity index (χ3v) is 10.8. The Hall–Kier alpha value is -3.04. The van der Waals surface area contributed by atoms with Gasteiger partial charge in [-0.1, -0.05) is 24.3 Å². The maximum Gasteiger partial charge on any atom is 0.318 e. The summed E-state index contributed by atoms with van der Waals surface area (Å²) in [7, 11) is 2.27. The van der Waals surface area contributed by atoms with Crippen LogP contribution in [0.15, 0.2) is 36.8 Å². The highest BCUT2D eigenvalue weighted by Crippen LogP contribution is 2.47. The fourth-order valence-electron chi connectivity index (χ4n) is 8.67. The van der Waals surface area contributed by atoms with E-state index in [2.05, 4.69) is 62.5 Å². The Morgan fingerprint density at radius 3 is 2.93 bits per heavy atom. The standard InChI is InChI=1S/C32H40FN7O/c1-22-16-38-21-34-15-25(38)18-40(22)29-26-19-37(2)32(11-5-8-23-7-3-4-9-27(23)32)14-28(26)35-30(36-29)41-20-31-10-6-12-39(31)17-24(33)13-31/h3-4,7,9,15,21-22,24H,5-6,8,10-14,16-20H2,1-2H3/t22?,24?,31-,32-/m0/s1. The number of imidazole rings is 1. The molecule has 0 saturated carbocycles. The van der Waals surface area contributed by atoms with Crippen LogP contribution in [0.25, 0.3) is 0 Å². The summed E-state index contributed by atoms with van der Waals surface area (Å²) in [6.45, 7) is 6.60. The molecule has 8 rings (SSSR count). The monoisotopic (exact) mass is 557 g/mol. The lowest BCUT2D eigenvalue weighted by Gasteiger charge is -2.49. The van der Waals surface area contributed by atoms with Gasteiger partial charge in [-0.15, -0.1) is 0 Å². The predicted molar refractivity (Wildman–Crippen MR) is 155 cm³/mol. The number of fused-ring (bicyclic) bond motifs is 5. The highest BCUT2D eigenvalue weighted by molar-refractivity contribution is 5.54. The molecule has 4 aliphatic heterocycles. The van der Waals surface area contributed by atoms with Crippen LogP contribution in [-0.4, -0.2) is 73.8 Å². The molecule has 41 heavy (non-hydrogen) atoms. The summed E-state index contributed by atoms with van der Waals surface area (Å²) in [6, 6.07) is 9.67. The Balaban J connectivity index is 1.19. The van der Waals surface area contributed by atoms with E-state index in [0.29, 0.717) is 25.6 Å². The lowest BCUT2D eigenvalue weighted by Crippen LogP contribution is -2.51. The molecule has 216 valence electrons. The quantitative estimate of drug-likeness (QED) is 0.475. The van der Waals surface area contributed by atoms with Gasteiger partial charge in [0.25, 0.3) is 0 Å². The molecular weight excluding hydrogens is 517 g/mol. The number of hydrogen-bond acceptors (Lipinski definition) is 7. The average Bonchev–Trinajstić information content (AvgIpc) is 3.66. The smallest absolute Gasteiger partial charge is 0.318 e. The van der Waals surface area contributed by atoms with E-state index >= 15 is 0 Å². The fourth-order valence-corrected chi connectivity index (χ4v) is 8.67. The van der Waals surface area contributed by atoms with Gasteiger partial charge in [-0.05, 0) is 63.7 Å². The molecular formula is C32H40FN7O. The zero-order chi connectivity index (χ0) is 27.8. The zero-order valence-electron chi connectivity index (χ0n) is 24.2. The van der Waals surface area contributed by atoms with Gasteiger partial charge in [0, 0.05) is 50.3 Å². The van der Waals surface area contributed by atoms with E-state index in [0.717, 1.165) is 69.8 Å². The molecule has 2 fully saturated rings. The van der Waals surface area contributed by atoms with Crippen LogP contribution in [0.4, 0.5) is 10.2 Å². The van der Waals surface area contributed by atoms with Crippen LogP contribution in [0.3, 0.4) is 0 Å². The number of ether oxygens (including phenoxy) is 1. The first-order valence-electron chi connectivity index (χ1n) is 15.4. The van der Waals surface area contributed by atoms with Crippen molar-refractivity contribution in [1.82, 2.24) is 29.3 Å². The molecule has 9 heteroatoms. The van der Waals surface area contributed by atoms with Crippen LogP contribution in [0, 0.1) is 0 Å². The summed E-state index contributed by atoms with van der Waals surface area (Å²) in [4.78, 5) is 22.0. The Bertz CT molecular complexity index is 1480. The van der Waals surface area contributed by atoms with Gasteiger partial charge in [0.15, 0.2) is 0 Å². The normalized spacial score (nSPS) is 31.1. The maximum absolute atomic E-state index is 14.5. The third kappa shape index (κ3) is 4.02. The van der Waals surface area contributed by atoms with Crippen molar-refractivity contribution in [1.29, 1.82) is 0 Å². The summed E-state index contributed by atoms with van der Waals surface area (Å²) >= 11 is 0. The largest absolute Gasteiger partial charge is 0.461 e. The average molecular weight is 558 g/mol. The molecule has 8 nitrogen and oxygen atoms in total. The lowest BCUT2D eigenvalue weighted by molar-refractivity contribution is 0.0713. The minimum absolute atomic E-state index is 0.0787. The van der Waals surface area contributed by atoms with E-state index in [1.807, 2.05) is 12.5 Å². The van der Waals surface area contributed by atoms with Crippen molar-refractivity contribution in [3.05, 3.63) is 64.9 Å². The van der Waals surface area contributed by atoms with Gasteiger partial charge in [0.1, 0.15) is 18.6 Å². The van der Waals surface area contributed by atoms with Crippen LogP contribution >= 0.6 is 0 Å². The van der Waals surface area contributed by atoms with Crippen molar-refractivity contribution in [2.75, 3.05) is 31.6 Å². The van der Waals surface area contributed by atoms with Crippen LogP contribution in [0.2, 0.25) is 0 Å². The predicted octanol–water partition coefficient (Wildman–Crippen LogP) is 4.26. The van der Waals surface area contributed by atoms with E-state index < -0.39 is 6.17 Å². The summed E-state index contributed by atoms with van der Waals surface area (Å²) in [6.07, 6.45) is 9.99. The maximum atomic E-state index is 14.5. The van der Waals surface area contributed by atoms with Crippen molar-refractivity contribution >= 4 is 5.82 Å². The van der Waals surface area contributed by atoms with Crippen LogP contribution < -0.4 is 9.64 Å². The van der Waals surface area contributed by atoms with Gasteiger partial charge in [0.2, 0.25) is 0 Å². The van der Waals surface area contributed by atoms with Crippen LogP contribution in [0.1, 0.15) is 67.1 Å². The lowest BCUT2D eigenvalue weighted by atomic mass is 9.71. The van der Waals surface area contributed by atoms with Gasteiger partial charge < -0.3 is 14.2 Å². The Morgan fingerprint density at radius 2 is 2.00 bits per heavy atom. The molecule has 4 atom stereocenters. The number of likely N-dealkylation sites (N-methyl/N-ethyl adjacent to an activating group) is 1. The second-order valence-corrected chi connectivity index (χ2v) is 13.2. The van der Waals surface area contributed by atoms with Crippen LogP contribution in [-0.2, 0) is 38.0 Å². The van der Waals surface area contributed by atoms with Crippen molar-refractivity contribution in [2.24, 2.45) is 0 Å². The van der Waals surface area contributed by atoms with E-state index in [-0.39, 0.29) is 17.1 Å². The second-order valence-electron chi connectivity index (χ2n) is 13.2. The molecule has 2 aromatic heterocycles. The fraction of sp³-hybridized carbons (Fsp3) is 0.594. The molecule has 0 bridgehead atoms. The zero-order valence-corrected chi connectivity index (χ0v) is 24.2. The van der Waals surface area contributed by atoms with Crippen molar-refractivity contribution in [3.8, 4) is 6.01 Å². The highest BCUT2D eigenvalue weighted by Gasteiger charge is 2.50. The molecule has 5 aliphatic rings.